The summed E-state index contributed by atoms with van der Waals surface area (Å²) in [7, 11) is 6.08. The van der Waals surface area contributed by atoms with E-state index in [0.29, 0.717) is 39.9 Å². The summed E-state index contributed by atoms with van der Waals surface area (Å²) in [6.07, 6.45) is 1.59. The highest BCUT2D eigenvalue weighted by atomic mass is 16.5. The highest BCUT2D eigenvalue weighted by Gasteiger charge is 2.28. The number of Topliss-reactive ketones (excluding diaryl/α,β-unsaturated/α-hetero) is 1. The number of allylic oxidation sites excluding steroid dienone is 1. The van der Waals surface area contributed by atoms with Gasteiger partial charge < -0.3 is 28.4 Å². The highest BCUT2D eigenvalue weighted by Crippen LogP contribution is 2.36. The first-order valence-electron chi connectivity index (χ1n) is 10.2. The maximum Gasteiger partial charge on any atom is 0.343 e. The number of fused-ring (bicyclic) bond motifs is 1. The lowest BCUT2D eigenvalue weighted by molar-refractivity contribution is 0.0734. The molecule has 0 saturated heterocycles. The Morgan fingerprint density at radius 1 is 0.765 bits per heavy atom. The average Bonchev–Trinajstić information content (AvgIpc) is 3.17. The lowest BCUT2D eigenvalue weighted by Crippen LogP contribution is -2.09. The molecule has 0 aliphatic carbocycles. The fourth-order valence-corrected chi connectivity index (χ4v) is 3.44. The minimum absolute atomic E-state index is 0.127. The summed E-state index contributed by atoms with van der Waals surface area (Å²) < 4.78 is 32.2. The van der Waals surface area contributed by atoms with Gasteiger partial charge >= 0.3 is 5.97 Å². The number of carbonyl (C=O) groups excluding carboxylic acids is 2. The largest absolute Gasteiger partial charge is 0.497 e. The smallest absolute Gasteiger partial charge is 0.343 e. The summed E-state index contributed by atoms with van der Waals surface area (Å²) in [6, 6.07) is 14.5. The molecule has 8 heteroatoms. The van der Waals surface area contributed by atoms with E-state index in [1.54, 1.807) is 49.6 Å². The van der Waals surface area contributed by atoms with Crippen LogP contribution in [0, 0.1) is 0 Å². The molecule has 174 valence electrons. The van der Waals surface area contributed by atoms with E-state index in [9.17, 15) is 9.59 Å². The Bertz CT molecular complexity index is 1290. The molecule has 0 spiro atoms. The van der Waals surface area contributed by atoms with Gasteiger partial charge in [-0.3, -0.25) is 4.79 Å². The quantitative estimate of drug-likeness (QED) is 0.287. The molecule has 0 radical (unpaired) electrons. The Kier molecular flexibility index (Phi) is 6.40. The van der Waals surface area contributed by atoms with Gasteiger partial charge in [0.05, 0.1) is 39.6 Å². The second kappa shape index (κ2) is 9.58. The summed E-state index contributed by atoms with van der Waals surface area (Å²) in [4.78, 5) is 25.4. The summed E-state index contributed by atoms with van der Waals surface area (Å²) in [5.74, 6) is 1.83. The fourth-order valence-electron chi connectivity index (χ4n) is 3.44. The minimum atomic E-state index is -0.594. The van der Waals surface area contributed by atoms with E-state index in [1.807, 2.05) is 0 Å². The van der Waals surface area contributed by atoms with Gasteiger partial charge in [0.2, 0.25) is 5.78 Å². The van der Waals surface area contributed by atoms with Crippen LogP contribution in [0.3, 0.4) is 0 Å². The molecule has 3 aromatic carbocycles. The van der Waals surface area contributed by atoms with E-state index in [1.165, 1.54) is 39.5 Å². The van der Waals surface area contributed by atoms with Crippen molar-refractivity contribution in [2.45, 2.75) is 0 Å². The van der Waals surface area contributed by atoms with Gasteiger partial charge in [-0.2, -0.15) is 0 Å². The normalized spacial score (nSPS) is 13.2. The lowest BCUT2D eigenvalue weighted by Gasteiger charge is -2.10. The molecular formula is C26H22O8. The number of rotatable bonds is 7. The van der Waals surface area contributed by atoms with Crippen molar-refractivity contribution >= 4 is 17.8 Å². The van der Waals surface area contributed by atoms with Crippen LogP contribution in [0.4, 0.5) is 0 Å². The number of hydrogen-bond donors (Lipinski definition) is 0. The third kappa shape index (κ3) is 4.38. The van der Waals surface area contributed by atoms with Gasteiger partial charge in [-0.1, -0.05) is 0 Å². The molecule has 1 aliphatic rings. The van der Waals surface area contributed by atoms with Gasteiger partial charge in [-0.05, 0) is 48.5 Å². The molecule has 0 amide bonds. The van der Waals surface area contributed by atoms with E-state index in [0.717, 1.165) is 0 Å². The summed E-state index contributed by atoms with van der Waals surface area (Å²) in [5, 5.41) is 0. The van der Waals surface area contributed by atoms with Crippen molar-refractivity contribution in [3.8, 4) is 34.5 Å². The molecule has 4 rings (SSSR count). The van der Waals surface area contributed by atoms with E-state index in [-0.39, 0.29) is 22.9 Å². The van der Waals surface area contributed by atoms with Gasteiger partial charge in [-0.15, -0.1) is 0 Å². The average molecular weight is 462 g/mol. The van der Waals surface area contributed by atoms with Gasteiger partial charge in [0.15, 0.2) is 17.3 Å². The lowest BCUT2D eigenvalue weighted by atomic mass is 10.1. The molecule has 0 atom stereocenters. The number of ether oxygens (including phenoxy) is 6. The summed E-state index contributed by atoms with van der Waals surface area (Å²) >= 11 is 0. The van der Waals surface area contributed by atoms with E-state index >= 15 is 0 Å². The Morgan fingerprint density at radius 2 is 1.50 bits per heavy atom. The zero-order chi connectivity index (χ0) is 24.2. The molecule has 0 fully saturated rings. The van der Waals surface area contributed by atoms with Crippen LogP contribution in [0.25, 0.3) is 6.08 Å². The van der Waals surface area contributed by atoms with Gasteiger partial charge in [0.1, 0.15) is 23.0 Å². The van der Waals surface area contributed by atoms with Crippen LogP contribution in [0.5, 0.6) is 34.5 Å². The van der Waals surface area contributed by atoms with Crippen molar-refractivity contribution in [1.82, 2.24) is 0 Å². The Morgan fingerprint density at radius 3 is 2.21 bits per heavy atom. The zero-order valence-corrected chi connectivity index (χ0v) is 19.0. The van der Waals surface area contributed by atoms with Crippen LogP contribution in [-0.2, 0) is 0 Å². The maximum atomic E-state index is 12.8. The second-order valence-corrected chi connectivity index (χ2v) is 7.16. The molecule has 0 N–H and O–H groups in total. The Labute approximate surface area is 196 Å². The first kappa shape index (κ1) is 22.7. The number of ketones is 1. The van der Waals surface area contributed by atoms with Crippen molar-refractivity contribution in [2.24, 2.45) is 0 Å². The first-order chi connectivity index (χ1) is 16.5. The second-order valence-electron chi connectivity index (χ2n) is 7.16. The summed E-state index contributed by atoms with van der Waals surface area (Å²) in [6.45, 7) is 0. The first-order valence-corrected chi connectivity index (χ1v) is 10.2. The highest BCUT2D eigenvalue weighted by molar-refractivity contribution is 6.14. The van der Waals surface area contributed by atoms with E-state index in [2.05, 4.69) is 0 Å². The summed E-state index contributed by atoms with van der Waals surface area (Å²) in [5.41, 5.74) is 1.30. The van der Waals surface area contributed by atoms with Crippen LogP contribution < -0.4 is 28.4 Å². The number of carbonyl (C=O) groups is 2. The molecule has 0 saturated carbocycles. The molecule has 3 aromatic rings. The van der Waals surface area contributed by atoms with Crippen LogP contribution in [0.15, 0.2) is 60.4 Å². The fraction of sp³-hybridized carbons (Fsp3) is 0.154. The third-order valence-electron chi connectivity index (χ3n) is 5.20. The van der Waals surface area contributed by atoms with Crippen LogP contribution in [0.2, 0.25) is 0 Å². The van der Waals surface area contributed by atoms with Crippen LogP contribution >= 0.6 is 0 Å². The molecular weight excluding hydrogens is 440 g/mol. The van der Waals surface area contributed by atoms with Crippen molar-refractivity contribution < 1.29 is 38.0 Å². The van der Waals surface area contributed by atoms with Gasteiger partial charge in [-0.25, -0.2) is 4.79 Å². The molecule has 1 heterocycles. The van der Waals surface area contributed by atoms with Crippen LogP contribution in [0.1, 0.15) is 26.3 Å². The number of esters is 1. The third-order valence-corrected chi connectivity index (χ3v) is 5.20. The zero-order valence-electron chi connectivity index (χ0n) is 19.0. The SMILES string of the molecule is COc1ccc(/C=C2\Oc3cc(OC(=O)c4ccc(OC)c(OC)c4)ccc3C2=O)c(OC)c1. The molecule has 0 unspecified atom stereocenters. The predicted octanol–water partition coefficient (Wildman–Crippen LogP) is 4.56. The van der Waals surface area contributed by atoms with E-state index < -0.39 is 5.97 Å². The van der Waals surface area contributed by atoms with Gasteiger partial charge in [0.25, 0.3) is 0 Å². The molecule has 0 aromatic heterocycles. The molecule has 34 heavy (non-hydrogen) atoms. The van der Waals surface area contributed by atoms with Crippen molar-refractivity contribution in [3.05, 3.63) is 77.0 Å². The number of benzene rings is 3. The van der Waals surface area contributed by atoms with E-state index in [4.69, 9.17) is 28.4 Å². The van der Waals surface area contributed by atoms with Crippen LogP contribution in [-0.4, -0.2) is 40.2 Å². The standard InChI is InChI=1S/C26H22O8/c1-29-17-7-5-15(21(13-17)31-3)11-24-25(27)19-9-8-18(14-22(19)34-24)33-26(28)16-6-10-20(30-2)23(12-16)32-4/h5-14H,1-4H3/b24-11-. The topological polar surface area (TPSA) is 89.5 Å². The monoisotopic (exact) mass is 462 g/mol. The molecule has 1 aliphatic heterocycles. The molecule has 8 nitrogen and oxygen atoms in total. The molecule has 0 bridgehead atoms. The van der Waals surface area contributed by atoms with Crippen molar-refractivity contribution in [3.63, 3.8) is 0 Å². The minimum Gasteiger partial charge on any atom is -0.497 e. The number of hydrogen-bond acceptors (Lipinski definition) is 8. The Hall–Kier alpha value is -4.46. The van der Waals surface area contributed by atoms with Gasteiger partial charge in [0, 0.05) is 17.7 Å². The van der Waals surface area contributed by atoms with Crippen molar-refractivity contribution in [1.29, 1.82) is 0 Å². The number of methoxy groups -OCH3 is 4. The maximum absolute atomic E-state index is 12.8. The Balaban J connectivity index is 1.55. The van der Waals surface area contributed by atoms with Crippen molar-refractivity contribution in [2.75, 3.05) is 28.4 Å². The predicted molar refractivity (Wildman–Crippen MR) is 123 cm³/mol.